The third-order valence-corrected chi connectivity index (χ3v) is 5.03. The van der Waals surface area contributed by atoms with E-state index >= 15 is 0 Å². The van der Waals surface area contributed by atoms with Crippen molar-refractivity contribution in [2.75, 3.05) is 13.2 Å². The second-order valence-corrected chi connectivity index (χ2v) is 8.95. The lowest BCUT2D eigenvalue weighted by Crippen LogP contribution is -2.56. The van der Waals surface area contributed by atoms with Gasteiger partial charge >= 0.3 is 0 Å². The molecule has 1 rings (SSSR count). The van der Waals surface area contributed by atoms with Crippen LogP contribution in [0.1, 0.15) is 68.7 Å². The van der Waals surface area contributed by atoms with Crippen molar-refractivity contribution >= 4 is 0 Å². The second-order valence-electron chi connectivity index (χ2n) is 8.95. The van der Waals surface area contributed by atoms with Crippen LogP contribution in [0.2, 0.25) is 0 Å². The van der Waals surface area contributed by atoms with Crippen molar-refractivity contribution in [2.24, 2.45) is 22.7 Å². The average Bonchev–Trinajstić information content (AvgIpc) is 2.26. The first kappa shape index (κ1) is 17.0. The smallest absolute Gasteiger partial charge is 0.0721 e. The van der Waals surface area contributed by atoms with Crippen LogP contribution < -0.4 is 0 Å². The fraction of sp³-hybridized carbons (Fsp3) is 1.00. The van der Waals surface area contributed by atoms with E-state index in [1.54, 1.807) is 0 Å². The molecular formula is C17H35NO. The standard InChI is InChI=1S/C17H35NO/c1-10-17(8,9)13-11-18(16(5,6)7)19-12-14(13)15(2,3)4/h13-14H,10-12H2,1-9H3. The number of hydroxylamine groups is 2. The van der Waals surface area contributed by atoms with E-state index in [1.807, 2.05) is 0 Å². The first-order valence-electron chi connectivity index (χ1n) is 7.80. The summed E-state index contributed by atoms with van der Waals surface area (Å²) in [6.45, 7) is 22.8. The van der Waals surface area contributed by atoms with Gasteiger partial charge in [0.1, 0.15) is 0 Å². The molecule has 2 unspecified atom stereocenters. The molecule has 1 saturated heterocycles. The maximum absolute atomic E-state index is 6.08. The van der Waals surface area contributed by atoms with Gasteiger partial charge in [0.25, 0.3) is 0 Å². The van der Waals surface area contributed by atoms with Crippen LogP contribution in [0.5, 0.6) is 0 Å². The topological polar surface area (TPSA) is 12.5 Å². The van der Waals surface area contributed by atoms with Crippen molar-refractivity contribution < 1.29 is 4.84 Å². The lowest BCUT2D eigenvalue weighted by molar-refractivity contribution is -0.276. The molecule has 0 aromatic rings. The van der Waals surface area contributed by atoms with Crippen LogP contribution in [-0.2, 0) is 4.84 Å². The number of rotatable bonds is 2. The van der Waals surface area contributed by atoms with E-state index in [4.69, 9.17) is 4.84 Å². The molecular weight excluding hydrogens is 234 g/mol. The molecule has 1 aliphatic rings. The van der Waals surface area contributed by atoms with Gasteiger partial charge in [0, 0.05) is 12.1 Å². The average molecular weight is 269 g/mol. The van der Waals surface area contributed by atoms with Gasteiger partial charge in [-0.05, 0) is 43.4 Å². The Labute approximate surface area is 120 Å². The molecule has 2 heteroatoms. The van der Waals surface area contributed by atoms with E-state index in [-0.39, 0.29) is 5.54 Å². The zero-order chi connectivity index (χ0) is 15.1. The number of hydrogen-bond donors (Lipinski definition) is 0. The highest BCUT2D eigenvalue weighted by Crippen LogP contribution is 2.46. The maximum atomic E-state index is 6.08. The van der Waals surface area contributed by atoms with Crippen molar-refractivity contribution in [3.63, 3.8) is 0 Å². The SMILES string of the molecule is CCC(C)(C)C1CN(C(C)(C)C)OCC1C(C)(C)C. The van der Waals surface area contributed by atoms with Crippen LogP contribution in [0.3, 0.4) is 0 Å². The molecule has 0 bridgehead atoms. The van der Waals surface area contributed by atoms with Crippen LogP contribution in [0.25, 0.3) is 0 Å². The molecule has 1 aliphatic heterocycles. The Hall–Kier alpha value is -0.0800. The van der Waals surface area contributed by atoms with E-state index in [1.165, 1.54) is 6.42 Å². The summed E-state index contributed by atoms with van der Waals surface area (Å²) in [4.78, 5) is 6.08. The highest BCUT2D eigenvalue weighted by atomic mass is 16.7. The fourth-order valence-electron chi connectivity index (χ4n) is 3.02. The zero-order valence-corrected chi connectivity index (χ0v) is 14.6. The van der Waals surface area contributed by atoms with E-state index in [0.29, 0.717) is 22.7 Å². The molecule has 0 aromatic heterocycles. The Balaban J connectivity index is 3.00. The summed E-state index contributed by atoms with van der Waals surface area (Å²) in [6, 6.07) is 0. The van der Waals surface area contributed by atoms with E-state index < -0.39 is 0 Å². The first-order chi connectivity index (χ1) is 8.39. The van der Waals surface area contributed by atoms with Crippen molar-refractivity contribution in [3.8, 4) is 0 Å². The number of hydrogen-bond acceptors (Lipinski definition) is 2. The summed E-state index contributed by atoms with van der Waals surface area (Å²) >= 11 is 0. The highest BCUT2D eigenvalue weighted by molar-refractivity contribution is 4.93. The molecule has 0 saturated carbocycles. The molecule has 0 amide bonds. The minimum Gasteiger partial charge on any atom is -0.298 e. The lowest BCUT2D eigenvalue weighted by atomic mass is 9.62. The summed E-state index contributed by atoms with van der Waals surface area (Å²) in [5.74, 6) is 1.31. The van der Waals surface area contributed by atoms with Gasteiger partial charge in [0.05, 0.1) is 6.61 Å². The Kier molecular flexibility index (Phi) is 4.79. The lowest BCUT2D eigenvalue weighted by Gasteiger charge is -2.52. The van der Waals surface area contributed by atoms with E-state index in [9.17, 15) is 0 Å². The fourth-order valence-corrected chi connectivity index (χ4v) is 3.02. The van der Waals surface area contributed by atoms with E-state index in [2.05, 4.69) is 67.4 Å². The third-order valence-electron chi connectivity index (χ3n) is 5.03. The molecule has 0 aliphatic carbocycles. The van der Waals surface area contributed by atoms with Gasteiger partial charge in [-0.3, -0.25) is 4.84 Å². The molecule has 2 atom stereocenters. The maximum Gasteiger partial charge on any atom is 0.0721 e. The first-order valence-corrected chi connectivity index (χ1v) is 7.80. The van der Waals surface area contributed by atoms with Gasteiger partial charge in [-0.15, -0.1) is 0 Å². The zero-order valence-electron chi connectivity index (χ0n) is 14.6. The van der Waals surface area contributed by atoms with Gasteiger partial charge in [0.15, 0.2) is 0 Å². The largest absolute Gasteiger partial charge is 0.298 e. The summed E-state index contributed by atoms with van der Waals surface area (Å²) < 4.78 is 0. The van der Waals surface area contributed by atoms with Gasteiger partial charge in [-0.2, -0.15) is 5.06 Å². The van der Waals surface area contributed by atoms with Crippen LogP contribution >= 0.6 is 0 Å². The van der Waals surface area contributed by atoms with Crippen molar-refractivity contribution in [3.05, 3.63) is 0 Å². The van der Waals surface area contributed by atoms with Crippen LogP contribution in [0.15, 0.2) is 0 Å². The van der Waals surface area contributed by atoms with Crippen molar-refractivity contribution in [1.29, 1.82) is 0 Å². The van der Waals surface area contributed by atoms with Crippen LogP contribution in [-0.4, -0.2) is 23.8 Å². The van der Waals surface area contributed by atoms with Gasteiger partial charge in [-0.25, -0.2) is 0 Å². The summed E-state index contributed by atoms with van der Waals surface area (Å²) in [5, 5.41) is 2.21. The Morgan fingerprint density at radius 1 is 0.947 bits per heavy atom. The van der Waals surface area contributed by atoms with Gasteiger partial charge < -0.3 is 0 Å². The highest BCUT2D eigenvalue weighted by Gasteiger charge is 2.45. The predicted octanol–water partition coefficient (Wildman–Crippen LogP) is 4.75. The van der Waals surface area contributed by atoms with Crippen LogP contribution in [0, 0.1) is 22.7 Å². The third kappa shape index (κ3) is 3.95. The molecule has 2 nitrogen and oxygen atoms in total. The molecule has 1 heterocycles. The van der Waals surface area contributed by atoms with Crippen molar-refractivity contribution in [1.82, 2.24) is 5.06 Å². The number of nitrogens with zero attached hydrogens (tertiary/aromatic N) is 1. The summed E-state index contributed by atoms with van der Waals surface area (Å²) in [7, 11) is 0. The quantitative estimate of drug-likeness (QED) is 0.717. The summed E-state index contributed by atoms with van der Waals surface area (Å²) in [5.41, 5.74) is 0.761. The molecule has 1 fully saturated rings. The monoisotopic (exact) mass is 269 g/mol. The molecule has 0 N–H and O–H groups in total. The van der Waals surface area contributed by atoms with Gasteiger partial charge in [0.2, 0.25) is 0 Å². The molecule has 0 radical (unpaired) electrons. The Bertz CT molecular complexity index is 295. The Morgan fingerprint density at radius 2 is 1.47 bits per heavy atom. The van der Waals surface area contributed by atoms with Gasteiger partial charge in [-0.1, -0.05) is 48.0 Å². The molecule has 19 heavy (non-hydrogen) atoms. The second kappa shape index (κ2) is 5.37. The van der Waals surface area contributed by atoms with Crippen molar-refractivity contribution in [2.45, 2.75) is 74.3 Å². The van der Waals surface area contributed by atoms with Crippen LogP contribution in [0.4, 0.5) is 0 Å². The normalized spacial score (nSPS) is 27.6. The molecule has 0 aromatic carbocycles. The minimum absolute atomic E-state index is 0.0882. The Morgan fingerprint density at radius 3 is 1.84 bits per heavy atom. The minimum atomic E-state index is 0.0882. The predicted molar refractivity (Wildman–Crippen MR) is 82.9 cm³/mol. The van der Waals surface area contributed by atoms with E-state index in [0.717, 1.165) is 13.2 Å². The summed E-state index contributed by atoms with van der Waals surface area (Å²) in [6.07, 6.45) is 1.22. The molecule has 0 spiro atoms. The molecule has 114 valence electrons.